The van der Waals surface area contributed by atoms with Gasteiger partial charge in [-0.15, -0.1) is 0 Å². The van der Waals surface area contributed by atoms with E-state index < -0.39 is 0 Å². The van der Waals surface area contributed by atoms with Gasteiger partial charge in [0.2, 0.25) is 0 Å². The van der Waals surface area contributed by atoms with Gasteiger partial charge in [0.05, 0.1) is 6.20 Å². The summed E-state index contributed by atoms with van der Waals surface area (Å²) in [5, 5.41) is 10.5. The number of hydrogen-bond donors (Lipinski definition) is 2. The van der Waals surface area contributed by atoms with E-state index in [1.807, 2.05) is 25.3 Å². The lowest BCUT2D eigenvalue weighted by Crippen LogP contribution is -2.16. The summed E-state index contributed by atoms with van der Waals surface area (Å²) >= 11 is 0. The Bertz CT molecular complexity index is 519. The van der Waals surface area contributed by atoms with Crippen molar-refractivity contribution in [2.24, 2.45) is 0 Å². The third-order valence-corrected chi connectivity index (χ3v) is 3.30. The van der Waals surface area contributed by atoms with E-state index in [1.165, 1.54) is 6.42 Å². The maximum Gasteiger partial charge on any atom is 0.152 e. The van der Waals surface area contributed by atoms with Gasteiger partial charge >= 0.3 is 0 Å². The fourth-order valence-electron chi connectivity index (χ4n) is 2.10. The summed E-state index contributed by atoms with van der Waals surface area (Å²) in [5.41, 5.74) is 2.08. The number of H-pyrrole nitrogens is 1. The molecule has 2 aromatic heterocycles. The van der Waals surface area contributed by atoms with Gasteiger partial charge in [-0.2, -0.15) is 5.10 Å². The molecule has 0 aliphatic rings. The summed E-state index contributed by atoms with van der Waals surface area (Å²) in [6.07, 6.45) is 5.21. The molecule has 0 fully saturated rings. The number of aryl methyl sites for hydroxylation is 1. The summed E-state index contributed by atoms with van der Waals surface area (Å²) in [6.45, 7) is 7.53. The molecule has 116 valence electrons. The number of nitrogens with one attached hydrogen (secondary N) is 2. The van der Waals surface area contributed by atoms with E-state index in [0.29, 0.717) is 0 Å². The second-order valence-electron chi connectivity index (χ2n) is 5.18. The standard InChI is InChI=1S/C16H25N3O2/c1-3-4-9-20-10-5-8-17-11-14-12-18-19-16(14)15-7-6-13(2)21-15/h6-7,12,17H,3-5,8-11H2,1-2H3,(H,18,19). The Morgan fingerprint density at radius 2 is 2.14 bits per heavy atom. The number of aromatic amines is 1. The first-order chi connectivity index (χ1) is 10.3. The Kier molecular flexibility index (Phi) is 6.50. The van der Waals surface area contributed by atoms with Gasteiger partial charge in [-0.3, -0.25) is 5.10 Å². The molecule has 0 saturated heterocycles. The van der Waals surface area contributed by atoms with Crippen LogP contribution in [-0.2, 0) is 11.3 Å². The molecule has 0 saturated carbocycles. The minimum Gasteiger partial charge on any atom is -0.460 e. The molecule has 2 rings (SSSR count). The van der Waals surface area contributed by atoms with E-state index in [-0.39, 0.29) is 0 Å². The smallest absolute Gasteiger partial charge is 0.152 e. The molecule has 2 aromatic rings. The second-order valence-corrected chi connectivity index (χ2v) is 5.18. The van der Waals surface area contributed by atoms with Crippen molar-refractivity contribution in [1.82, 2.24) is 15.5 Å². The number of rotatable bonds is 10. The van der Waals surface area contributed by atoms with Crippen LogP contribution in [0.25, 0.3) is 11.5 Å². The molecular weight excluding hydrogens is 266 g/mol. The van der Waals surface area contributed by atoms with Crippen molar-refractivity contribution < 1.29 is 9.15 Å². The molecular formula is C16H25N3O2. The van der Waals surface area contributed by atoms with Crippen molar-refractivity contribution in [2.75, 3.05) is 19.8 Å². The van der Waals surface area contributed by atoms with Crippen molar-refractivity contribution in [3.05, 3.63) is 29.7 Å². The summed E-state index contributed by atoms with van der Waals surface area (Å²) in [5.74, 6) is 1.74. The molecule has 21 heavy (non-hydrogen) atoms. The highest BCUT2D eigenvalue weighted by atomic mass is 16.5. The zero-order valence-electron chi connectivity index (χ0n) is 12.9. The molecule has 2 heterocycles. The number of furan rings is 1. The van der Waals surface area contributed by atoms with Gasteiger partial charge in [-0.05, 0) is 38.4 Å². The largest absolute Gasteiger partial charge is 0.460 e. The highest BCUT2D eigenvalue weighted by molar-refractivity contribution is 5.56. The van der Waals surface area contributed by atoms with E-state index in [4.69, 9.17) is 9.15 Å². The molecule has 0 unspecified atom stereocenters. The predicted octanol–water partition coefficient (Wildman–Crippen LogP) is 3.27. The lowest BCUT2D eigenvalue weighted by molar-refractivity contribution is 0.129. The Morgan fingerprint density at radius 1 is 1.29 bits per heavy atom. The van der Waals surface area contributed by atoms with Crippen LogP contribution in [0.1, 0.15) is 37.5 Å². The van der Waals surface area contributed by atoms with Crippen LogP contribution in [0.4, 0.5) is 0 Å². The number of nitrogens with zero attached hydrogens (tertiary/aromatic N) is 1. The van der Waals surface area contributed by atoms with Crippen molar-refractivity contribution in [3.8, 4) is 11.5 Å². The van der Waals surface area contributed by atoms with Gasteiger partial charge in [0, 0.05) is 25.3 Å². The van der Waals surface area contributed by atoms with Crippen molar-refractivity contribution in [3.63, 3.8) is 0 Å². The molecule has 0 radical (unpaired) electrons. The minimum atomic E-state index is 0.778. The van der Waals surface area contributed by atoms with Gasteiger partial charge in [-0.25, -0.2) is 0 Å². The molecule has 0 amide bonds. The van der Waals surface area contributed by atoms with Crippen LogP contribution in [0.3, 0.4) is 0 Å². The van der Waals surface area contributed by atoms with Crippen LogP contribution >= 0.6 is 0 Å². The number of ether oxygens (including phenoxy) is 1. The average Bonchev–Trinajstić information content (AvgIpc) is 3.10. The molecule has 0 bridgehead atoms. The van der Waals surface area contributed by atoms with Gasteiger partial charge < -0.3 is 14.5 Å². The fourth-order valence-corrected chi connectivity index (χ4v) is 2.10. The first-order valence-corrected chi connectivity index (χ1v) is 7.68. The Labute approximate surface area is 126 Å². The van der Waals surface area contributed by atoms with Crippen LogP contribution in [0.2, 0.25) is 0 Å². The summed E-state index contributed by atoms with van der Waals surface area (Å²) in [7, 11) is 0. The summed E-state index contributed by atoms with van der Waals surface area (Å²) < 4.78 is 11.2. The van der Waals surface area contributed by atoms with E-state index in [0.717, 1.165) is 61.9 Å². The normalized spacial score (nSPS) is 11.1. The van der Waals surface area contributed by atoms with E-state index in [2.05, 4.69) is 22.4 Å². The third-order valence-electron chi connectivity index (χ3n) is 3.30. The van der Waals surface area contributed by atoms with E-state index >= 15 is 0 Å². The number of hydrogen-bond acceptors (Lipinski definition) is 4. The van der Waals surface area contributed by atoms with Crippen molar-refractivity contribution in [2.45, 2.75) is 39.7 Å². The Morgan fingerprint density at radius 3 is 2.90 bits per heavy atom. The van der Waals surface area contributed by atoms with Crippen LogP contribution < -0.4 is 5.32 Å². The van der Waals surface area contributed by atoms with Crippen LogP contribution in [0.5, 0.6) is 0 Å². The topological polar surface area (TPSA) is 63.1 Å². The van der Waals surface area contributed by atoms with Gasteiger partial charge in [0.25, 0.3) is 0 Å². The van der Waals surface area contributed by atoms with E-state index in [1.54, 1.807) is 0 Å². The number of unbranched alkanes of at least 4 members (excludes halogenated alkanes) is 1. The summed E-state index contributed by atoms with van der Waals surface area (Å²) in [4.78, 5) is 0. The zero-order chi connectivity index (χ0) is 14.9. The maximum atomic E-state index is 5.63. The quantitative estimate of drug-likeness (QED) is 0.659. The highest BCUT2D eigenvalue weighted by Gasteiger charge is 2.10. The van der Waals surface area contributed by atoms with E-state index in [9.17, 15) is 0 Å². The first kappa shape index (κ1) is 15.8. The highest BCUT2D eigenvalue weighted by Crippen LogP contribution is 2.23. The van der Waals surface area contributed by atoms with Gasteiger partial charge in [0.1, 0.15) is 11.5 Å². The van der Waals surface area contributed by atoms with Gasteiger partial charge in [0.15, 0.2) is 5.76 Å². The van der Waals surface area contributed by atoms with Gasteiger partial charge in [-0.1, -0.05) is 13.3 Å². The van der Waals surface area contributed by atoms with Crippen LogP contribution in [0.15, 0.2) is 22.7 Å². The Hall–Kier alpha value is -1.59. The van der Waals surface area contributed by atoms with Crippen LogP contribution in [-0.4, -0.2) is 30.0 Å². The predicted molar refractivity (Wildman–Crippen MR) is 83.1 cm³/mol. The summed E-state index contributed by atoms with van der Waals surface area (Å²) in [6, 6.07) is 3.93. The van der Waals surface area contributed by atoms with Crippen molar-refractivity contribution in [1.29, 1.82) is 0 Å². The molecule has 0 aromatic carbocycles. The molecule has 0 aliphatic carbocycles. The fraction of sp³-hybridized carbons (Fsp3) is 0.562. The molecule has 5 heteroatoms. The number of aromatic nitrogens is 2. The average molecular weight is 291 g/mol. The van der Waals surface area contributed by atoms with Crippen molar-refractivity contribution >= 4 is 0 Å². The molecule has 0 aliphatic heterocycles. The zero-order valence-corrected chi connectivity index (χ0v) is 12.9. The SMILES string of the molecule is CCCCOCCCNCc1cn[nH]c1-c1ccc(C)o1. The minimum absolute atomic E-state index is 0.778. The molecule has 5 nitrogen and oxygen atoms in total. The molecule has 0 atom stereocenters. The monoisotopic (exact) mass is 291 g/mol. The molecule has 0 spiro atoms. The maximum absolute atomic E-state index is 5.63. The lowest BCUT2D eigenvalue weighted by Gasteiger charge is -2.05. The first-order valence-electron chi connectivity index (χ1n) is 7.68. The lowest BCUT2D eigenvalue weighted by atomic mass is 10.2. The third kappa shape index (κ3) is 5.02. The second kappa shape index (κ2) is 8.64. The molecule has 2 N–H and O–H groups in total. The van der Waals surface area contributed by atoms with Crippen LogP contribution in [0, 0.1) is 6.92 Å². The Balaban J connectivity index is 1.69.